The van der Waals surface area contributed by atoms with E-state index < -0.39 is 11.8 Å². The highest BCUT2D eigenvalue weighted by Gasteiger charge is 2.21. The van der Waals surface area contributed by atoms with E-state index in [1.165, 1.54) is 23.3 Å². The SMILES string of the molecule is Cc1ccsc1CN1CCC[C@@H](CCNC(=O)C(N)=O)C1. The molecule has 0 saturated carbocycles. The van der Waals surface area contributed by atoms with Crippen LogP contribution in [0.4, 0.5) is 0 Å². The molecular formula is C15H23N3O2S. The maximum Gasteiger partial charge on any atom is 0.309 e. The highest BCUT2D eigenvalue weighted by atomic mass is 32.1. The first-order chi connectivity index (χ1) is 10.1. The number of nitrogens with one attached hydrogen (secondary N) is 1. The fraction of sp³-hybridized carbons (Fsp3) is 0.600. The van der Waals surface area contributed by atoms with Gasteiger partial charge in [0.25, 0.3) is 0 Å². The summed E-state index contributed by atoms with van der Waals surface area (Å²) in [7, 11) is 0. The third kappa shape index (κ3) is 4.82. The molecule has 21 heavy (non-hydrogen) atoms. The van der Waals surface area contributed by atoms with Crippen LogP contribution >= 0.6 is 11.3 Å². The third-order valence-electron chi connectivity index (χ3n) is 4.00. The number of aryl methyl sites for hydroxylation is 1. The van der Waals surface area contributed by atoms with Gasteiger partial charge in [-0.15, -0.1) is 11.3 Å². The number of carbonyl (C=O) groups excluding carboxylic acids is 2. The van der Waals surface area contributed by atoms with Gasteiger partial charge in [0.15, 0.2) is 0 Å². The number of hydrogen-bond donors (Lipinski definition) is 2. The van der Waals surface area contributed by atoms with Gasteiger partial charge in [0.2, 0.25) is 0 Å². The third-order valence-corrected chi connectivity index (χ3v) is 5.01. The lowest BCUT2D eigenvalue weighted by molar-refractivity contribution is -0.137. The molecule has 1 fully saturated rings. The van der Waals surface area contributed by atoms with E-state index in [0.29, 0.717) is 12.5 Å². The zero-order valence-electron chi connectivity index (χ0n) is 12.4. The number of primary amides is 1. The fourth-order valence-corrected chi connectivity index (χ4v) is 3.72. The Labute approximate surface area is 129 Å². The molecule has 1 aliphatic heterocycles. The number of carbonyl (C=O) groups is 2. The molecule has 0 aromatic carbocycles. The van der Waals surface area contributed by atoms with Crippen molar-refractivity contribution < 1.29 is 9.59 Å². The average Bonchev–Trinajstić information content (AvgIpc) is 2.84. The summed E-state index contributed by atoms with van der Waals surface area (Å²) in [6, 6.07) is 2.17. The molecule has 2 rings (SSSR count). The summed E-state index contributed by atoms with van der Waals surface area (Å²) < 4.78 is 0. The molecule has 2 heterocycles. The van der Waals surface area contributed by atoms with Gasteiger partial charge in [-0.2, -0.15) is 0 Å². The lowest BCUT2D eigenvalue weighted by Crippen LogP contribution is -2.39. The van der Waals surface area contributed by atoms with E-state index in [4.69, 9.17) is 5.73 Å². The van der Waals surface area contributed by atoms with E-state index in [1.807, 2.05) is 11.3 Å². The highest BCUT2D eigenvalue weighted by Crippen LogP contribution is 2.24. The first-order valence-electron chi connectivity index (χ1n) is 7.39. The number of hydrogen-bond acceptors (Lipinski definition) is 4. The summed E-state index contributed by atoms with van der Waals surface area (Å²) in [5.41, 5.74) is 6.28. The molecule has 0 aliphatic carbocycles. The molecule has 0 radical (unpaired) electrons. The van der Waals surface area contributed by atoms with Crippen molar-refractivity contribution in [1.29, 1.82) is 0 Å². The molecule has 3 N–H and O–H groups in total. The monoisotopic (exact) mass is 309 g/mol. The van der Waals surface area contributed by atoms with Gasteiger partial charge in [-0.1, -0.05) is 0 Å². The molecule has 0 spiro atoms. The number of thiophene rings is 1. The van der Waals surface area contributed by atoms with E-state index >= 15 is 0 Å². The molecule has 1 atom stereocenters. The zero-order chi connectivity index (χ0) is 15.2. The maximum atomic E-state index is 11.1. The molecule has 6 heteroatoms. The van der Waals surface area contributed by atoms with Gasteiger partial charge >= 0.3 is 11.8 Å². The van der Waals surface area contributed by atoms with Crippen molar-refractivity contribution in [2.75, 3.05) is 19.6 Å². The van der Waals surface area contributed by atoms with Crippen LogP contribution in [0.5, 0.6) is 0 Å². The number of piperidine rings is 1. The van der Waals surface area contributed by atoms with Gasteiger partial charge in [0.1, 0.15) is 0 Å². The first-order valence-corrected chi connectivity index (χ1v) is 8.27. The normalized spacial score (nSPS) is 19.4. The van der Waals surface area contributed by atoms with E-state index in [9.17, 15) is 9.59 Å². The second kappa shape index (κ2) is 7.56. The Hall–Kier alpha value is -1.40. The lowest BCUT2D eigenvalue weighted by atomic mass is 9.94. The van der Waals surface area contributed by atoms with Crippen LogP contribution in [-0.2, 0) is 16.1 Å². The summed E-state index contributed by atoms with van der Waals surface area (Å²) in [6.07, 6.45) is 3.28. The van der Waals surface area contributed by atoms with Crippen molar-refractivity contribution in [2.24, 2.45) is 11.7 Å². The van der Waals surface area contributed by atoms with Crippen molar-refractivity contribution in [3.05, 3.63) is 21.9 Å². The lowest BCUT2D eigenvalue weighted by Gasteiger charge is -2.32. The number of amides is 2. The highest BCUT2D eigenvalue weighted by molar-refractivity contribution is 7.10. The molecule has 1 aromatic heterocycles. The van der Waals surface area contributed by atoms with Crippen LogP contribution in [0.3, 0.4) is 0 Å². The van der Waals surface area contributed by atoms with Crippen molar-refractivity contribution in [2.45, 2.75) is 32.7 Å². The second-order valence-electron chi connectivity index (χ2n) is 5.68. The quantitative estimate of drug-likeness (QED) is 0.804. The smallest absolute Gasteiger partial charge is 0.309 e. The summed E-state index contributed by atoms with van der Waals surface area (Å²) in [5.74, 6) is -1.02. The Bertz CT molecular complexity index is 501. The standard InChI is InChI=1S/C15H23N3O2S/c1-11-5-8-21-13(11)10-18-7-2-3-12(9-18)4-6-17-15(20)14(16)19/h5,8,12H,2-4,6-7,9-10H2,1H3,(H2,16,19)(H,17,20)/t12-/m0/s1. The molecular weight excluding hydrogens is 286 g/mol. The number of likely N-dealkylation sites (tertiary alicyclic amines) is 1. The van der Waals surface area contributed by atoms with Gasteiger partial charge in [0.05, 0.1) is 0 Å². The molecule has 0 unspecified atom stereocenters. The minimum Gasteiger partial charge on any atom is -0.361 e. The van der Waals surface area contributed by atoms with Crippen LogP contribution in [0.1, 0.15) is 29.7 Å². The van der Waals surface area contributed by atoms with Gasteiger partial charge in [-0.3, -0.25) is 14.5 Å². The van der Waals surface area contributed by atoms with Crippen molar-refractivity contribution >= 4 is 23.2 Å². The van der Waals surface area contributed by atoms with E-state index in [2.05, 4.69) is 28.6 Å². The minimum absolute atomic E-state index is 0.526. The first kappa shape index (κ1) is 16.0. The largest absolute Gasteiger partial charge is 0.361 e. The predicted molar refractivity (Wildman–Crippen MR) is 83.9 cm³/mol. The Morgan fingerprint density at radius 2 is 2.33 bits per heavy atom. The summed E-state index contributed by atoms with van der Waals surface area (Å²) in [4.78, 5) is 25.7. The van der Waals surface area contributed by atoms with Crippen LogP contribution in [0.25, 0.3) is 0 Å². The predicted octanol–water partition coefficient (Wildman–Crippen LogP) is 1.26. The molecule has 116 valence electrons. The Kier molecular flexibility index (Phi) is 5.76. The van der Waals surface area contributed by atoms with Crippen LogP contribution in [0.2, 0.25) is 0 Å². The van der Waals surface area contributed by atoms with Crippen LogP contribution in [0.15, 0.2) is 11.4 Å². The molecule has 1 aliphatic rings. The fourth-order valence-electron chi connectivity index (χ4n) is 2.78. The van der Waals surface area contributed by atoms with Gasteiger partial charge in [-0.05, 0) is 55.7 Å². The van der Waals surface area contributed by atoms with Gasteiger partial charge in [0, 0.05) is 24.5 Å². The summed E-state index contributed by atoms with van der Waals surface area (Å²) >= 11 is 1.82. The van der Waals surface area contributed by atoms with Crippen LogP contribution in [0, 0.1) is 12.8 Å². The van der Waals surface area contributed by atoms with Gasteiger partial charge in [-0.25, -0.2) is 0 Å². The molecule has 5 nitrogen and oxygen atoms in total. The Balaban J connectivity index is 1.74. The zero-order valence-corrected chi connectivity index (χ0v) is 13.2. The topological polar surface area (TPSA) is 75.4 Å². The number of nitrogens with zero attached hydrogens (tertiary/aromatic N) is 1. The molecule has 0 bridgehead atoms. The van der Waals surface area contributed by atoms with Crippen molar-refractivity contribution in [3.63, 3.8) is 0 Å². The van der Waals surface area contributed by atoms with Crippen LogP contribution < -0.4 is 11.1 Å². The molecule has 1 aromatic rings. The molecule has 1 saturated heterocycles. The number of rotatable bonds is 5. The van der Waals surface area contributed by atoms with Crippen LogP contribution in [-0.4, -0.2) is 36.3 Å². The molecule has 2 amide bonds. The Morgan fingerprint density at radius 3 is 3.00 bits per heavy atom. The number of nitrogens with two attached hydrogens (primary N) is 1. The van der Waals surface area contributed by atoms with Crippen molar-refractivity contribution in [1.82, 2.24) is 10.2 Å². The second-order valence-corrected chi connectivity index (χ2v) is 6.68. The Morgan fingerprint density at radius 1 is 1.52 bits per heavy atom. The minimum atomic E-state index is -0.909. The average molecular weight is 309 g/mol. The summed E-state index contributed by atoms with van der Waals surface area (Å²) in [6.45, 7) is 5.91. The van der Waals surface area contributed by atoms with E-state index in [0.717, 1.165) is 26.1 Å². The maximum absolute atomic E-state index is 11.1. The van der Waals surface area contributed by atoms with E-state index in [-0.39, 0.29) is 0 Å². The van der Waals surface area contributed by atoms with E-state index in [1.54, 1.807) is 0 Å². The van der Waals surface area contributed by atoms with Crippen molar-refractivity contribution in [3.8, 4) is 0 Å². The summed E-state index contributed by atoms with van der Waals surface area (Å²) in [5, 5.41) is 4.71. The van der Waals surface area contributed by atoms with Gasteiger partial charge < -0.3 is 11.1 Å².